The van der Waals surface area contributed by atoms with Crippen molar-refractivity contribution in [3.63, 3.8) is 0 Å². The first kappa shape index (κ1) is 19.3. The van der Waals surface area contributed by atoms with Gasteiger partial charge in [0.15, 0.2) is 0 Å². The number of amides is 1. The summed E-state index contributed by atoms with van der Waals surface area (Å²) < 4.78 is 5.29. The minimum absolute atomic E-state index is 0.0613. The first-order chi connectivity index (χ1) is 12.0. The lowest BCUT2D eigenvalue weighted by molar-refractivity contribution is -0.384. The molecule has 8 heteroatoms. The maximum Gasteiger partial charge on any atom is 0.409 e. The number of ether oxygens (including phenoxy) is 1. The molecule has 1 atom stereocenters. The van der Waals surface area contributed by atoms with E-state index in [1.54, 1.807) is 17.0 Å². The second-order valence-electron chi connectivity index (χ2n) is 6.14. The molecular weight excluding hydrogens is 346 g/mol. The number of nitrogens with zero attached hydrogens (tertiary/aromatic N) is 2. The van der Waals surface area contributed by atoms with Crippen LogP contribution in [0, 0.1) is 10.1 Å². The summed E-state index contributed by atoms with van der Waals surface area (Å²) in [6.07, 6.45) is 4.10. The Morgan fingerprint density at radius 2 is 2.28 bits per heavy atom. The van der Waals surface area contributed by atoms with Crippen LogP contribution in [0.15, 0.2) is 18.2 Å². The molecule has 1 unspecified atom stereocenters. The Labute approximate surface area is 152 Å². The number of nitro groups is 1. The molecule has 1 heterocycles. The fourth-order valence-electron chi connectivity index (χ4n) is 2.83. The first-order valence-corrected chi connectivity index (χ1v) is 9.01. The van der Waals surface area contributed by atoms with E-state index >= 15 is 0 Å². The highest BCUT2D eigenvalue weighted by Crippen LogP contribution is 2.33. The largest absolute Gasteiger partial charge is 0.449 e. The number of halogens is 1. The molecule has 1 aliphatic heterocycles. The lowest BCUT2D eigenvalue weighted by Crippen LogP contribution is -2.39. The van der Waals surface area contributed by atoms with Gasteiger partial charge in [-0.15, -0.1) is 0 Å². The molecule has 1 aliphatic rings. The lowest BCUT2D eigenvalue weighted by atomic mass is 10.1. The zero-order valence-corrected chi connectivity index (χ0v) is 15.1. The monoisotopic (exact) mass is 369 g/mol. The minimum Gasteiger partial charge on any atom is -0.449 e. The molecule has 7 nitrogen and oxygen atoms in total. The van der Waals surface area contributed by atoms with Gasteiger partial charge in [0.2, 0.25) is 0 Å². The average molecular weight is 370 g/mol. The number of carbonyl (C=O) groups excluding carboxylic acids is 1. The van der Waals surface area contributed by atoms with Crippen LogP contribution in [-0.4, -0.2) is 41.7 Å². The summed E-state index contributed by atoms with van der Waals surface area (Å²) in [6, 6.07) is 4.47. The minimum atomic E-state index is -0.457. The molecule has 25 heavy (non-hydrogen) atoms. The highest BCUT2D eigenvalue weighted by Gasteiger charge is 2.26. The van der Waals surface area contributed by atoms with E-state index < -0.39 is 4.92 Å². The van der Waals surface area contributed by atoms with Gasteiger partial charge in [0.05, 0.1) is 16.6 Å². The van der Waals surface area contributed by atoms with Crippen LogP contribution in [0.4, 0.5) is 16.2 Å². The molecule has 0 aromatic heterocycles. The van der Waals surface area contributed by atoms with Crippen LogP contribution in [0.5, 0.6) is 0 Å². The molecule has 1 saturated heterocycles. The fourth-order valence-corrected chi connectivity index (χ4v) is 3.06. The molecule has 1 amide bonds. The summed E-state index contributed by atoms with van der Waals surface area (Å²) in [5.74, 6) is 0. The van der Waals surface area contributed by atoms with Crippen molar-refractivity contribution in [3.05, 3.63) is 33.3 Å². The van der Waals surface area contributed by atoms with Gasteiger partial charge in [-0.25, -0.2) is 4.79 Å². The van der Waals surface area contributed by atoms with Gasteiger partial charge in [-0.05, 0) is 31.7 Å². The maximum atomic E-state index is 12.2. The molecule has 0 aliphatic carbocycles. The van der Waals surface area contributed by atoms with E-state index in [0.717, 1.165) is 32.1 Å². The summed E-state index contributed by atoms with van der Waals surface area (Å²) in [7, 11) is 0. The third-order valence-corrected chi connectivity index (χ3v) is 4.50. The number of likely N-dealkylation sites (tertiary alicyclic amines) is 1. The summed E-state index contributed by atoms with van der Waals surface area (Å²) in [5.41, 5.74) is 0.245. The van der Waals surface area contributed by atoms with Gasteiger partial charge in [-0.1, -0.05) is 31.0 Å². The van der Waals surface area contributed by atoms with Crippen molar-refractivity contribution < 1.29 is 14.5 Å². The molecule has 1 aromatic rings. The van der Waals surface area contributed by atoms with Crippen LogP contribution in [0.2, 0.25) is 5.02 Å². The van der Waals surface area contributed by atoms with Gasteiger partial charge in [-0.2, -0.15) is 0 Å². The quantitative estimate of drug-likeness (QED) is 0.455. The van der Waals surface area contributed by atoms with Crippen LogP contribution in [0.1, 0.15) is 39.0 Å². The van der Waals surface area contributed by atoms with E-state index in [1.165, 1.54) is 6.07 Å². The lowest BCUT2D eigenvalue weighted by Gasteiger charge is -2.25. The number of anilines is 1. The molecule has 1 N–H and O–H groups in total. The zero-order valence-electron chi connectivity index (χ0n) is 14.4. The van der Waals surface area contributed by atoms with Gasteiger partial charge < -0.3 is 15.0 Å². The van der Waals surface area contributed by atoms with Crippen LogP contribution in [0.25, 0.3) is 0 Å². The second kappa shape index (κ2) is 9.46. The number of nitrogens with one attached hydrogen (secondary N) is 1. The zero-order chi connectivity index (χ0) is 18.2. The van der Waals surface area contributed by atoms with Crippen molar-refractivity contribution in [1.82, 2.24) is 4.90 Å². The summed E-state index contributed by atoms with van der Waals surface area (Å²) >= 11 is 6.14. The SMILES string of the molecule is CCCCOC(=O)N1CCCCC(Nc2c(Cl)cccc2[N+](=O)[O-])C1. The van der Waals surface area contributed by atoms with E-state index in [2.05, 4.69) is 5.32 Å². The molecule has 0 saturated carbocycles. The molecule has 0 spiro atoms. The molecular formula is C17H24ClN3O4. The number of hydrogen-bond acceptors (Lipinski definition) is 5. The predicted octanol–water partition coefficient (Wildman–Crippen LogP) is 4.45. The van der Waals surface area contributed by atoms with E-state index in [1.807, 2.05) is 6.92 Å². The van der Waals surface area contributed by atoms with Crippen molar-refractivity contribution in [1.29, 1.82) is 0 Å². The van der Waals surface area contributed by atoms with Crippen molar-refractivity contribution in [2.45, 2.75) is 45.1 Å². The fraction of sp³-hybridized carbons (Fsp3) is 0.588. The summed E-state index contributed by atoms with van der Waals surface area (Å²) in [6.45, 7) is 3.53. The normalized spacial score (nSPS) is 17.7. The third-order valence-electron chi connectivity index (χ3n) is 4.19. The van der Waals surface area contributed by atoms with E-state index in [9.17, 15) is 14.9 Å². The number of unbranched alkanes of at least 4 members (excludes halogenated alkanes) is 1. The Morgan fingerprint density at radius 3 is 3.00 bits per heavy atom. The van der Waals surface area contributed by atoms with Crippen molar-refractivity contribution in [2.24, 2.45) is 0 Å². The predicted molar refractivity (Wildman–Crippen MR) is 97.2 cm³/mol. The molecule has 138 valence electrons. The van der Waals surface area contributed by atoms with Gasteiger partial charge in [-0.3, -0.25) is 10.1 Å². The van der Waals surface area contributed by atoms with E-state index in [4.69, 9.17) is 16.3 Å². The van der Waals surface area contributed by atoms with E-state index in [0.29, 0.717) is 30.4 Å². The third kappa shape index (κ3) is 5.49. The summed E-state index contributed by atoms with van der Waals surface area (Å²) in [5, 5.41) is 14.7. The van der Waals surface area contributed by atoms with Crippen molar-refractivity contribution >= 4 is 29.1 Å². The smallest absolute Gasteiger partial charge is 0.409 e. The number of hydrogen-bond donors (Lipinski definition) is 1. The number of para-hydroxylation sites is 1. The van der Waals surface area contributed by atoms with Crippen LogP contribution >= 0.6 is 11.6 Å². The number of carbonyl (C=O) groups is 1. The Balaban J connectivity index is 2.06. The molecule has 2 rings (SSSR count). The number of rotatable bonds is 6. The molecule has 1 aromatic carbocycles. The van der Waals surface area contributed by atoms with Crippen molar-refractivity contribution in [3.8, 4) is 0 Å². The number of benzene rings is 1. The Kier molecular flexibility index (Phi) is 7.31. The number of nitro benzene ring substituents is 1. The van der Waals surface area contributed by atoms with Crippen LogP contribution < -0.4 is 5.32 Å². The van der Waals surface area contributed by atoms with Crippen molar-refractivity contribution in [2.75, 3.05) is 25.0 Å². The molecule has 0 bridgehead atoms. The first-order valence-electron chi connectivity index (χ1n) is 8.64. The van der Waals surface area contributed by atoms with Crippen LogP contribution in [0.3, 0.4) is 0 Å². The highest BCUT2D eigenvalue weighted by molar-refractivity contribution is 6.33. The standard InChI is InChI=1S/C17H24ClN3O4/c1-2-3-11-25-17(22)20-10-5-4-7-13(12-20)19-16-14(18)8-6-9-15(16)21(23)24/h6,8-9,13,19H,2-5,7,10-12H2,1H3. The van der Waals surface area contributed by atoms with Gasteiger partial charge in [0, 0.05) is 25.2 Å². The van der Waals surface area contributed by atoms with Gasteiger partial charge in [0.25, 0.3) is 5.69 Å². The highest BCUT2D eigenvalue weighted by atomic mass is 35.5. The topological polar surface area (TPSA) is 84.7 Å². The van der Waals surface area contributed by atoms with E-state index in [-0.39, 0.29) is 17.8 Å². The summed E-state index contributed by atoms with van der Waals surface area (Å²) in [4.78, 5) is 24.6. The Hall–Kier alpha value is -2.02. The Bertz CT molecular complexity index is 612. The van der Waals surface area contributed by atoms with Gasteiger partial charge >= 0.3 is 6.09 Å². The Morgan fingerprint density at radius 1 is 1.48 bits per heavy atom. The molecule has 0 radical (unpaired) electrons. The second-order valence-corrected chi connectivity index (χ2v) is 6.55. The maximum absolute atomic E-state index is 12.2. The van der Waals surface area contributed by atoms with Crippen LogP contribution in [-0.2, 0) is 4.74 Å². The molecule has 1 fully saturated rings. The van der Waals surface area contributed by atoms with Gasteiger partial charge in [0.1, 0.15) is 5.69 Å². The average Bonchev–Trinajstić information content (AvgIpc) is 2.82.